The molecule has 0 saturated heterocycles. The largest absolute Gasteiger partial charge is 0.394 e. The minimum absolute atomic E-state index is 0.761. The molecule has 0 aromatic rings. The number of nitrogens with two attached hydrogens (primary N) is 1. The van der Waals surface area contributed by atoms with E-state index in [1.54, 1.807) is 0 Å². The summed E-state index contributed by atoms with van der Waals surface area (Å²) in [6.45, 7) is 6.31. The van der Waals surface area contributed by atoms with E-state index in [0.29, 0.717) is 0 Å². The molecule has 12 heavy (non-hydrogen) atoms. The van der Waals surface area contributed by atoms with Crippen LogP contribution in [0.25, 0.3) is 0 Å². The van der Waals surface area contributed by atoms with Crippen LogP contribution in [0.5, 0.6) is 0 Å². The van der Waals surface area contributed by atoms with Gasteiger partial charge in [0, 0.05) is 13.2 Å². The molecular weight excluding hydrogens is 170 g/mol. The Morgan fingerprint density at radius 2 is 1.67 bits per heavy atom. The monoisotopic (exact) mass is 190 g/mol. The molecule has 73 valence electrons. The molecule has 0 aliphatic rings. The van der Waals surface area contributed by atoms with Crippen LogP contribution in [0.2, 0.25) is 6.04 Å². The van der Waals surface area contributed by atoms with Gasteiger partial charge >= 0.3 is 9.28 Å². The zero-order valence-corrected chi connectivity index (χ0v) is 9.14. The smallest absolute Gasteiger partial charge is 0.384 e. The Labute approximate surface area is 77.1 Å². The van der Waals surface area contributed by atoms with E-state index in [1.165, 1.54) is 0 Å². The fourth-order valence-corrected chi connectivity index (χ4v) is 2.48. The summed E-state index contributed by atoms with van der Waals surface area (Å²) in [7, 11) is -0.974. The first kappa shape index (κ1) is 12.1. The maximum absolute atomic E-state index is 5.47. The fraction of sp³-hybridized carbons (Fsp3) is 1.00. The van der Waals surface area contributed by atoms with Crippen LogP contribution in [0.4, 0.5) is 0 Å². The summed E-state index contributed by atoms with van der Waals surface area (Å²) in [4.78, 5) is 0. The molecule has 0 fully saturated rings. The molecule has 0 saturated carbocycles. The molecule has 2 N–H and O–H groups in total. The number of unbranched alkanes of at least 4 members (excludes halogenated alkanes) is 1. The van der Waals surface area contributed by atoms with Crippen molar-refractivity contribution in [1.29, 1.82) is 0 Å². The van der Waals surface area contributed by atoms with Crippen LogP contribution < -0.4 is 5.73 Å². The van der Waals surface area contributed by atoms with E-state index in [2.05, 4.69) is 0 Å². The lowest BCUT2D eigenvalue weighted by molar-refractivity contribution is 0.212. The molecular formula is C8H20NO2Si. The van der Waals surface area contributed by atoms with E-state index in [-0.39, 0.29) is 0 Å². The molecule has 0 aromatic carbocycles. The maximum Gasteiger partial charge on any atom is 0.384 e. The molecule has 0 aliphatic heterocycles. The standard InChI is InChI=1S/C8H20NO2Si/c1-3-10-12(11-4-2)8-6-5-7-9/h3-9H2,1-2H3. The van der Waals surface area contributed by atoms with Crippen molar-refractivity contribution in [3.8, 4) is 0 Å². The summed E-state index contributed by atoms with van der Waals surface area (Å²) in [6.07, 6.45) is 2.21. The summed E-state index contributed by atoms with van der Waals surface area (Å²) >= 11 is 0. The first-order valence-electron chi connectivity index (χ1n) is 4.66. The van der Waals surface area contributed by atoms with Gasteiger partial charge in [-0.2, -0.15) is 0 Å². The van der Waals surface area contributed by atoms with Crippen molar-refractivity contribution < 1.29 is 8.85 Å². The lowest BCUT2D eigenvalue weighted by atomic mass is 10.3. The van der Waals surface area contributed by atoms with Gasteiger partial charge in [-0.15, -0.1) is 0 Å². The zero-order chi connectivity index (χ0) is 9.23. The van der Waals surface area contributed by atoms with E-state index in [9.17, 15) is 0 Å². The van der Waals surface area contributed by atoms with Gasteiger partial charge in [-0.05, 0) is 32.9 Å². The molecule has 0 aliphatic carbocycles. The second-order valence-electron chi connectivity index (χ2n) is 2.48. The number of hydrogen-bond acceptors (Lipinski definition) is 3. The highest BCUT2D eigenvalue weighted by atomic mass is 28.3. The van der Waals surface area contributed by atoms with Crippen molar-refractivity contribution in [3.63, 3.8) is 0 Å². The Bertz CT molecular complexity index is 87.1. The summed E-state index contributed by atoms with van der Waals surface area (Å²) in [5.41, 5.74) is 5.39. The van der Waals surface area contributed by atoms with Crippen LogP contribution in [0, 0.1) is 0 Å². The van der Waals surface area contributed by atoms with E-state index in [1.807, 2.05) is 13.8 Å². The summed E-state index contributed by atoms with van der Waals surface area (Å²) in [5.74, 6) is 0. The molecule has 0 unspecified atom stereocenters. The third-order valence-corrected chi connectivity index (χ3v) is 3.43. The number of hydrogen-bond donors (Lipinski definition) is 1. The van der Waals surface area contributed by atoms with Gasteiger partial charge in [0.05, 0.1) is 0 Å². The van der Waals surface area contributed by atoms with Crippen LogP contribution in [0.15, 0.2) is 0 Å². The van der Waals surface area contributed by atoms with Gasteiger partial charge < -0.3 is 14.6 Å². The van der Waals surface area contributed by atoms with Crippen LogP contribution in [-0.2, 0) is 8.85 Å². The molecule has 0 rings (SSSR count). The van der Waals surface area contributed by atoms with Crippen LogP contribution in [0.3, 0.4) is 0 Å². The molecule has 4 heteroatoms. The Balaban J connectivity index is 3.34. The molecule has 0 atom stereocenters. The maximum atomic E-state index is 5.47. The predicted octanol–water partition coefficient (Wildman–Crippen LogP) is 1.29. The second-order valence-corrected chi connectivity index (χ2v) is 4.31. The molecule has 0 spiro atoms. The van der Waals surface area contributed by atoms with Gasteiger partial charge in [0.25, 0.3) is 0 Å². The topological polar surface area (TPSA) is 44.5 Å². The third kappa shape index (κ3) is 6.79. The lowest BCUT2D eigenvalue weighted by Crippen LogP contribution is -2.22. The third-order valence-electron chi connectivity index (χ3n) is 1.45. The Morgan fingerprint density at radius 3 is 2.08 bits per heavy atom. The summed E-state index contributed by atoms with van der Waals surface area (Å²) in [6, 6.07) is 1.06. The summed E-state index contributed by atoms with van der Waals surface area (Å²) < 4.78 is 10.9. The lowest BCUT2D eigenvalue weighted by Gasteiger charge is -2.12. The van der Waals surface area contributed by atoms with Crippen LogP contribution in [-0.4, -0.2) is 29.0 Å². The van der Waals surface area contributed by atoms with Gasteiger partial charge in [-0.25, -0.2) is 0 Å². The minimum Gasteiger partial charge on any atom is -0.394 e. The quantitative estimate of drug-likeness (QED) is 0.463. The van der Waals surface area contributed by atoms with E-state index >= 15 is 0 Å². The first-order valence-corrected chi connectivity index (χ1v) is 6.19. The molecule has 1 radical (unpaired) electrons. The van der Waals surface area contributed by atoms with E-state index in [4.69, 9.17) is 14.6 Å². The molecule has 0 bridgehead atoms. The van der Waals surface area contributed by atoms with E-state index in [0.717, 1.165) is 38.6 Å². The normalized spacial score (nSPS) is 11.0. The fourth-order valence-electron chi connectivity index (χ4n) is 0.922. The van der Waals surface area contributed by atoms with Crippen molar-refractivity contribution in [2.24, 2.45) is 5.73 Å². The zero-order valence-electron chi connectivity index (χ0n) is 8.14. The average molecular weight is 190 g/mol. The first-order chi connectivity index (χ1) is 5.85. The highest BCUT2D eigenvalue weighted by Gasteiger charge is 2.12. The van der Waals surface area contributed by atoms with Gasteiger partial charge in [-0.1, -0.05) is 6.42 Å². The highest BCUT2D eigenvalue weighted by Crippen LogP contribution is 2.03. The Kier molecular flexibility index (Phi) is 9.26. The minimum atomic E-state index is -0.974. The molecule has 3 nitrogen and oxygen atoms in total. The van der Waals surface area contributed by atoms with Crippen LogP contribution in [0.1, 0.15) is 26.7 Å². The molecule has 0 heterocycles. The second kappa shape index (κ2) is 9.19. The Hall–Kier alpha value is 0.0969. The number of rotatable bonds is 8. The van der Waals surface area contributed by atoms with Gasteiger partial charge in [0.2, 0.25) is 0 Å². The van der Waals surface area contributed by atoms with E-state index < -0.39 is 9.28 Å². The summed E-state index contributed by atoms with van der Waals surface area (Å²) in [5, 5.41) is 0. The van der Waals surface area contributed by atoms with Crippen molar-refractivity contribution in [3.05, 3.63) is 0 Å². The van der Waals surface area contributed by atoms with Crippen molar-refractivity contribution >= 4 is 9.28 Å². The van der Waals surface area contributed by atoms with Crippen LogP contribution >= 0.6 is 0 Å². The average Bonchev–Trinajstić information content (AvgIpc) is 2.06. The Morgan fingerprint density at radius 1 is 1.08 bits per heavy atom. The predicted molar refractivity (Wildman–Crippen MR) is 52.1 cm³/mol. The van der Waals surface area contributed by atoms with Gasteiger partial charge in [0.1, 0.15) is 0 Å². The van der Waals surface area contributed by atoms with Crippen molar-refractivity contribution in [2.45, 2.75) is 32.7 Å². The SMILES string of the molecule is CCO[Si](CCCCN)OCC. The van der Waals surface area contributed by atoms with Crippen molar-refractivity contribution in [1.82, 2.24) is 0 Å². The van der Waals surface area contributed by atoms with Gasteiger partial charge in [0.15, 0.2) is 0 Å². The van der Waals surface area contributed by atoms with Gasteiger partial charge in [-0.3, -0.25) is 0 Å². The molecule has 0 aromatic heterocycles. The van der Waals surface area contributed by atoms with Crippen molar-refractivity contribution in [2.75, 3.05) is 19.8 Å². The highest BCUT2D eigenvalue weighted by molar-refractivity contribution is 6.44. The molecule has 0 amide bonds.